The van der Waals surface area contributed by atoms with Crippen molar-refractivity contribution in [2.75, 3.05) is 0 Å². The molecule has 0 fully saturated rings. The van der Waals surface area contributed by atoms with E-state index >= 15 is 0 Å². The number of ketones is 1. The normalized spacial score (nSPS) is 12.2. The predicted molar refractivity (Wildman–Crippen MR) is 84.1 cm³/mol. The number of benzene rings is 2. The van der Waals surface area contributed by atoms with E-state index in [1.807, 2.05) is 60.7 Å². The average Bonchev–Trinajstić information content (AvgIpc) is 2.55. The van der Waals surface area contributed by atoms with Gasteiger partial charge in [-0.05, 0) is 17.7 Å². The number of nitrogens with zero attached hydrogens (tertiary/aromatic N) is 1. The minimum absolute atomic E-state index is 0.0238. The van der Waals surface area contributed by atoms with Gasteiger partial charge < -0.3 is 5.73 Å². The van der Waals surface area contributed by atoms with Crippen molar-refractivity contribution in [3.8, 4) is 0 Å². The summed E-state index contributed by atoms with van der Waals surface area (Å²) in [5, 5.41) is 0.969. The molecule has 21 heavy (non-hydrogen) atoms. The molecule has 1 aromatic heterocycles. The molecule has 0 saturated carbocycles. The van der Waals surface area contributed by atoms with E-state index in [4.69, 9.17) is 5.73 Å². The standard InChI is InChI=1S/C18H16N2O/c19-16(13-6-2-1-3-7-13)12-17(21)15-10-4-8-14-9-5-11-20-18(14)15/h1-11,16H,12,19H2. The zero-order valence-electron chi connectivity index (χ0n) is 11.6. The van der Waals surface area contributed by atoms with Crippen LogP contribution in [-0.4, -0.2) is 10.8 Å². The number of carbonyl (C=O) groups excluding carboxylic acids is 1. The second-order valence-electron chi connectivity index (χ2n) is 5.03. The number of hydrogen-bond acceptors (Lipinski definition) is 3. The van der Waals surface area contributed by atoms with Crippen LogP contribution in [0.1, 0.15) is 28.4 Å². The van der Waals surface area contributed by atoms with Crippen LogP contribution in [-0.2, 0) is 0 Å². The first-order valence-electron chi connectivity index (χ1n) is 6.93. The Bertz CT molecular complexity index is 763. The summed E-state index contributed by atoms with van der Waals surface area (Å²) in [6.45, 7) is 0. The second kappa shape index (κ2) is 5.85. The SMILES string of the molecule is NC(CC(=O)c1cccc2cccnc12)c1ccccc1. The van der Waals surface area contributed by atoms with Gasteiger partial charge in [-0.25, -0.2) is 0 Å². The van der Waals surface area contributed by atoms with Gasteiger partial charge in [0.2, 0.25) is 0 Å². The Hall–Kier alpha value is -2.52. The van der Waals surface area contributed by atoms with Crippen LogP contribution in [0.25, 0.3) is 10.9 Å². The highest BCUT2D eigenvalue weighted by molar-refractivity contribution is 6.06. The maximum absolute atomic E-state index is 12.5. The van der Waals surface area contributed by atoms with E-state index in [2.05, 4.69) is 4.98 Å². The van der Waals surface area contributed by atoms with Crippen LogP contribution in [0.2, 0.25) is 0 Å². The third-order valence-electron chi connectivity index (χ3n) is 3.57. The van der Waals surface area contributed by atoms with E-state index in [-0.39, 0.29) is 18.2 Å². The van der Waals surface area contributed by atoms with Crippen molar-refractivity contribution < 1.29 is 4.79 Å². The Morgan fingerprint density at radius 1 is 1.00 bits per heavy atom. The van der Waals surface area contributed by atoms with Gasteiger partial charge in [0, 0.05) is 29.6 Å². The topological polar surface area (TPSA) is 56.0 Å². The van der Waals surface area contributed by atoms with E-state index in [9.17, 15) is 4.79 Å². The van der Waals surface area contributed by atoms with Crippen LogP contribution in [0.15, 0.2) is 66.9 Å². The third-order valence-corrected chi connectivity index (χ3v) is 3.57. The number of carbonyl (C=O) groups is 1. The first-order chi connectivity index (χ1) is 10.3. The Kier molecular flexibility index (Phi) is 3.75. The Balaban J connectivity index is 1.88. The molecule has 3 nitrogen and oxygen atoms in total. The highest BCUT2D eigenvalue weighted by Crippen LogP contribution is 2.21. The molecule has 0 bridgehead atoms. The molecule has 2 aromatic carbocycles. The van der Waals surface area contributed by atoms with E-state index < -0.39 is 0 Å². The fourth-order valence-electron chi connectivity index (χ4n) is 2.46. The fourth-order valence-corrected chi connectivity index (χ4v) is 2.46. The quantitative estimate of drug-likeness (QED) is 0.742. The first-order valence-corrected chi connectivity index (χ1v) is 6.93. The lowest BCUT2D eigenvalue weighted by atomic mass is 9.97. The molecule has 104 valence electrons. The van der Waals surface area contributed by atoms with Crippen LogP contribution < -0.4 is 5.73 Å². The van der Waals surface area contributed by atoms with Crippen molar-refractivity contribution in [1.82, 2.24) is 4.98 Å². The smallest absolute Gasteiger partial charge is 0.166 e. The molecule has 0 radical (unpaired) electrons. The molecule has 3 rings (SSSR count). The van der Waals surface area contributed by atoms with Crippen LogP contribution in [0.5, 0.6) is 0 Å². The Morgan fingerprint density at radius 3 is 2.57 bits per heavy atom. The molecule has 0 saturated heterocycles. The van der Waals surface area contributed by atoms with Crippen LogP contribution >= 0.6 is 0 Å². The summed E-state index contributed by atoms with van der Waals surface area (Å²) in [7, 11) is 0. The first kappa shape index (κ1) is 13.5. The monoisotopic (exact) mass is 276 g/mol. The fraction of sp³-hybridized carbons (Fsp3) is 0.111. The van der Waals surface area contributed by atoms with Gasteiger partial charge in [-0.15, -0.1) is 0 Å². The van der Waals surface area contributed by atoms with Crippen LogP contribution in [0, 0.1) is 0 Å². The lowest BCUT2D eigenvalue weighted by Gasteiger charge is -2.12. The number of nitrogens with two attached hydrogens (primary N) is 1. The van der Waals surface area contributed by atoms with Crippen molar-refractivity contribution in [1.29, 1.82) is 0 Å². The number of pyridine rings is 1. The largest absolute Gasteiger partial charge is 0.324 e. The molecule has 3 heteroatoms. The lowest BCUT2D eigenvalue weighted by molar-refractivity contribution is 0.0976. The number of rotatable bonds is 4. The van der Waals surface area contributed by atoms with Gasteiger partial charge in [-0.3, -0.25) is 9.78 Å². The molecule has 0 aliphatic heterocycles. The number of fused-ring (bicyclic) bond motifs is 1. The summed E-state index contributed by atoms with van der Waals surface area (Å²) < 4.78 is 0. The maximum Gasteiger partial charge on any atom is 0.166 e. The average molecular weight is 276 g/mol. The molecule has 0 amide bonds. The van der Waals surface area contributed by atoms with E-state index in [0.29, 0.717) is 5.56 Å². The van der Waals surface area contributed by atoms with Gasteiger partial charge in [-0.1, -0.05) is 48.5 Å². The summed E-state index contributed by atoms with van der Waals surface area (Å²) in [6.07, 6.45) is 1.98. The van der Waals surface area contributed by atoms with Gasteiger partial charge in [0.25, 0.3) is 0 Å². The summed E-state index contributed by atoms with van der Waals surface area (Å²) in [5.41, 5.74) is 8.49. The minimum atomic E-state index is -0.294. The molecule has 1 heterocycles. The van der Waals surface area contributed by atoms with Gasteiger partial charge in [0.05, 0.1) is 5.52 Å². The van der Waals surface area contributed by atoms with E-state index in [1.54, 1.807) is 6.20 Å². The zero-order chi connectivity index (χ0) is 14.7. The van der Waals surface area contributed by atoms with Crippen LogP contribution in [0.3, 0.4) is 0 Å². The summed E-state index contributed by atoms with van der Waals surface area (Å²) in [4.78, 5) is 16.8. The van der Waals surface area contributed by atoms with Gasteiger partial charge in [-0.2, -0.15) is 0 Å². The summed E-state index contributed by atoms with van der Waals surface area (Å²) in [6, 6.07) is 18.9. The maximum atomic E-state index is 12.5. The molecular weight excluding hydrogens is 260 g/mol. The van der Waals surface area contributed by atoms with Crippen molar-refractivity contribution >= 4 is 16.7 Å². The lowest BCUT2D eigenvalue weighted by Crippen LogP contribution is -2.15. The van der Waals surface area contributed by atoms with Crippen molar-refractivity contribution in [3.05, 3.63) is 78.0 Å². The molecule has 3 aromatic rings. The molecule has 0 aliphatic carbocycles. The molecule has 1 unspecified atom stereocenters. The number of para-hydroxylation sites is 1. The Labute approximate surface area is 123 Å². The molecule has 1 atom stereocenters. The Morgan fingerprint density at radius 2 is 1.76 bits per heavy atom. The summed E-state index contributed by atoms with van der Waals surface area (Å²) >= 11 is 0. The van der Waals surface area contributed by atoms with Gasteiger partial charge in [0.1, 0.15) is 0 Å². The minimum Gasteiger partial charge on any atom is -0.324 e. The zero-order valence-corrected chi connectivity index (χ0v) is 11.6. The highest BCUT2D eigenvalue weighted by Gasteiger charge is 2.15. The summed E-state index contributed by atoms with van der Waals surface area (Å²) in [5.74, 6) is 0.0238. The van der Waals surface area contributed by atoms with Crippen molar-refractivity contribution in [2.45, 2.75) is 12.5 Å². The molecule has 0 spiro atoms. The van der Waals surface area contributed by atoms with E-state index in [1.165, 1.54) is 0 Å². The van der Waals surface area contributed by atoms with E-state index in [0.717, 1.165) is 16.5 Å². The second-order valence-corrected chi connectivity index (χ2v) is 5.03. The van der Waals surface area contributed by atoms with Gasteiger partial charge in [0.15, 0.2) is 5.78 Å². The molecular formula is C18H16N2O. The molecule has 2 N–H and O–H groups in total. The van der Waals surface area contributed by atoms with Crippen molar-refractivity contribution in [3.63, 3.8) is 0 Å². The predicted octanol–water partition coefficient (Wildman–Crippen LogP) is 3.51. The number of Topliss-reactive ketones (excluding diaryl/α,β-unsaturated/α-hetero) is 1. The van der Waals surface area contributed by atoms with Crippen LogP contribution in [0.4, 0.5) is 0 Å². The third kappa shape index (κ3) is 2.83. The number of hydrogen-bond donors (Lipinski definition) is 1. The number of aromatic nitrogens is 1. The van der Waals surface area contributed by atoms with Crippen molar-refractivity contribution in [2.24, 2.45) is 5.73 Å². The van der Waals surface area contributed by atoms with Gasteiger partial charge >= 0.3 is 0 Å². The highest BCUT2D eigenvalue weighted by atomic mass is 16.1. The molecule has 0 aliphatic rings.